The lowest BCUT2D eigenvalue weighted by molar-refractivity contribution is 0.141. The highest BCUT2D eigenvalue weighted by Gasteiger charge is 2.24. The molecule has 1 aromatic heterocycles. The molecule has 1 aromatic rings. The Bertz CT molecular complexity index is 439. The van der Waals surface area contributed by atoms with Crippen LogP contribution in [0.15, 0.2) is 10.7 Å². The molecular weight excluding hydrogens is 318 g/mol. The van der Waals surface area contributed by atoms with Crippen molar-refractivity contribution in [3.63, 3.8) is 0 Å². The first-order valence-electron chi connectivity index (χ1n) is 7.49. The molecular formula is C15H24BrN3O. The van der Waals surface area contributed by atoms with Crippen LogP contribution in [-0.2, 0) is 0 Å². The fourth-order valence-corrected chi connectivity index (χ4v) is 3.21. The summed E-state index contributed by atoms with van der Waals surface area (Å²) in [5.41, 5.74) is 0. The minimum Gasteiger partial charge on any atom is -0.396 e. The van der Waals surface area contributed by atoms with Gasteiger partial charge in [0.2, 0.25) is 0 Å². The summed E-state index contributed by atoms with van der Waals surface area (Å²) in [7, 11) is 0. The lowest BCUT2D eigenvalue weighted by Gasteiger charge is -2.30. The van der Waals surface area contributed by atoms with E-state index in [1.165, 1.54) is 19.3 Å². The van der Waals surface area contributed by atoms with Crippen LogP contribution in [0, 0.1) is 11.8 Å². The summed E-state index contributed by atoms with van der Waals surface area (Å²) in [5, 5.41) is 12.9. The van der Waals surface area contributed by atoms with Crippen molar-refractivity contribution in [1.29, 1.82) is 0 Å². The number of rotatable bonds is 5. The Balaban J connectivity index is 1.99. The molecule has 0 radical (unpaired) electrons. The van der Waals surface area contributed by atoms with Gasteiger partial charge in [0.1, 0.15) is 16.2 Å². The first kappa shape index (κ1) is 15.7. The zero-order valence-electron chi connectivity index (χ0n) is 12.3. The Kier molecular flexibility index (Phi) is 5.78. The van der Waals surface area contributed by atoms with Crippen LogP contribution in [0.25, 0.3) is 0 Å². The Morgan fingerprint density at radius 2 is 2.00 bits per heavy atom. The average molecular weight is 342 g/mol. The number of aromatic nitrogens is 2. The zero-order chi connectivity index (χ0) is 14.5. The molecule has 5 heteroatoms. The van der Waals surface area contributed by atoms with E-state index in [0.717, 1.165) is 29.2 Å². The van der Waals surface area contributed by atoms with Gasteiger partial charge in [-0.15, -0.1) is 0 Å². The first-order valence-corrected chi connectivity index (χ1v) is 8.28. The molecule has 20 heavy (non-hydrogen) atoms. The third-order valence-electron chi connectivity index (χ3n) is 4.07. The van der Waals surface area contributed by atoms with E-state index in [1.54, 1.807) is 0 Å². The Labute approximate surface area is 129 Å². The maximum Gasteiger partial charge on any atom is 0.134 e. The summed E-state index contributed by atoms with van der Waals surface area (Å²) >= 11 is 3.44. The molecule has 4 nitrogen and oxygen atoms in total. The third-order valence-corrected chi connectivity index (χ3v) is 4.48. The van der Waals surface area contributed by atoms with E-state index in [9.17, 15) is 5.11 Å². The Morgan fingerprint density at radius 1 is 1.30 bits per heavy atom. The molecule has 2 rings (SSSR count). The Morgan fingerprint density at radius 3 is 2.65 bits per heavy atom. The van der Waals surface area contributed by atoms with Crippen LogP contribution in [0.4, 0.5) is 5.82 Å². The van der Waals surface area contributed by atoms with E-state index in [2.05, 4.69) is 45.1 Å². The van der Waals surface area contributed by atoms with Crippen molar-refractivity contribution in [2.24, 2.45) is 11.8 Å². The number of nitrogens with zero attached hydrogens (tertiary/aromatic N) is 2. The van der Waals surface area contributed by atoms with Crippen molar-refractivity contribution in [2.45, 2.75) is 45.4 Å². The van der Waals surface area contributed by atoms with Crippen LogP contribution < -0.4 is 5.32 Å². The van der Waals surface area contributed by atoms with Crippen LogP contribution in [0.2, 0.25) is 0 Å². The number of aliphatic hydroxyl groups excluding tert-OH is 1. The number of anilines is 1. The van der Waals surface area contributed by atoms with Crippen molar-refractivity contribution in [1.82, 2.24) is 9.97 Å². The SMILES string of the molecule is CC(C)c1nc(Br)cc(NCC2CCCCC2CO)n1. The average Bonchev–Trinajstić information content (AvgIpc) is 2.44. The monoisotopic (exact) mass is 341 g/mol. The predicted octanol–water partition coefficient (Wildman–Crippen LogP) is 3.57. The van der Waals surface area contributed by atoms with Gasteiger partial charge in [-0.2, -0.15) is 0 Å². The van der Waals surface area contributed by atoms with Gasteiger partial charge in [0.15, 0.2) is 0 Å². The normalized spacial score (nSPS) is 23.1. The van der Waals surface area contributed by atoms with Crippen LogP contribution in [-0.4, -0.2) is 28.2 Å². The number of aliphatic hydroxyl groups is 1. The molecule has 0 aliphatic heterocycles. The summed E-state index contributed by atoms with van der Waals surface area (Å²) in [4.78, 5) is 8.94. The molecule has 112 valence electrons. The van der Waals surface area contributed by atoms with Crippen molar-refractivity contribution in [3.05, 3.63) is 16.5 Å². The molecule has 0 bridgehead atoms. The van der Waals surface area contributed by atoms with E-state index in [-0.39, 0.29) is 0 Å². The van der Waals surface area contributed by atoms with Gasteiger partial charge in [-0.05, 0) is 40.6 Å². The van der Waals surface area contributed by atoms with Gasteiger partial charge >= 0.3 is 0 Å². The summed E-state index contributed by atoms with van der Waals surface area (Å²) in [6.07, 6.45) is 4.86. The lowest BCUT2D eigenvalue weighted by atomic mass is 9.79. The lowest BCUT2D eigenvalue weighted by Crippen LogP contribution is -2.28. The van der Waals surface area contributed by atoms with Gasteiger partial charge in [0.25, 0.3) is 0 Å². The molecule has 0 saturated heterocycles. The second kappa shape index (κ2) is 7.36. The van der Waals surface area contributed by atoms with Gasteiger partial charge in [0.05, 0.1) is 0 Å². The van der Waals surface area contributed by atoms with E-state index < -0.39 is 0 Å². The first-order chi connectivity index (χ1) is 9.60. The molecule has 2 unspecified atom stereocenters. The largest absolute Gasteiger partial charge is 0.396 e. The standard InChI is InChI=1S/C15H24BrN3O/c1-10(2)15-18-13(16)7-14(19-15)17-8-11-5-3-4-6-12(11)9-20/h7,10-12,20H,3-6,8-9H2,1-2H3,(H,17,18,19). The van der Waals surface area contributed by atoms with Gasteiger partial charge < -0.3 is 10.4 Å². The van der Waals surface area contributed by atoms with E-state index in [4.69, 9.17) is 0 Å². The van der Waals surface area contributed by atoms with Gasteiger partial charge in [-0.1, -0.05) is 26.7 Å². The summed E-state index contributed by atoms with van der Waals surface area (Å²) in [6.45, 7) is 5.37. The highest BCUT2D eigenvalue weighted by Crippen LogP contribution is 2.30. The van der Waals surface area contributed by atoms with Crippen LogP contribution >= 0.6 is 15.9 Å². The molecule has 1 aliphatic carbocycles. The highest BCUT2D eigenvalue weighted by molar-refractivity contribution is 9.10. The predicted molar refractivity (Wildman–Crippen MR) is 84.8 cm³/mol. The van der Waals surface area contributed by atoms with E-state index in [1.807, 2.05) is 6.07 Å². The van der Waals surface area contributed by atoms with Crippen LogP contribution in [0.1, 0.15) is 51.3 Å². The third kappa shape index (κ3) is 4.16. The van der Waals surface area contributed by atoms with E-state index in [0.29, 0.717) is 24.4 Å². The smallest absolute Gasteiger partial charge is 0.134 e. The highest BCUT2D eigenvalue weighted by atomic mass is 79.9. The van der Waals surface area contributed by atoms with Crippen LogP contribution in [0.3, 0.4) is 0 Å². The minimum absolute atomic E-state index is 0.303. The summed E-state index contributed by atoms with van der Waals surface area (Å²) in [6, 6.07) is 1.92. The van der Waals surface area contributed by atoms with Crippen molar-refractivity contribution in [3.8, 4) is 0 Å². The quantitative estimate of drug-likeness (QED) is 0.803. The number of hydrogen-bond acceptors (Lipinski definition) is 4. The second-order valence-electron chi connectivity index (χ2n) is 5.96. The summed E-state index contributed by atoms with van der Waals surface area (Å²) in [5.74, 6) is 3.02. The molecule has 1 fully saturated rings. The number of halogens is 1. The Hall–Kier alpha value is -0.680. The van der Waals surface area contributed by atoms with Crippen LogP contribution in [0.5, 0.6) is 0 Å². The zero-order valence-corrected chi connectivity index (χ0v) is 13.9. The molecule has 1 heterocycles. The molecule has 0 spiro atoms. The van der Waals surface area contributed by atoms with Gasteiger partial charge in [-0.3, -0.25) is 0 Å². The molecule has 1 saturated carbocycles. The number of nitrogens with one attached hydrogen (secondary N) is 1. The van der Waals surface area contributed by atoms with Gasteiger partial charge in [0, 0.05) is 25.1 Å². The molecule has 0 amide bonds. The maximum atomic E-state index is 9.46. The second-order valence-corrected chi connectivity index (χ2v) is 6.77. The van der Waals surface area contributed by atoms with Crippen molar-refractivity contribution < 1.29 is 5.11 Å². The van der Waals surface area contributed by atoms with Crippen molar-refractivity contribution >= 4 is 21.7 Å². The summed E-state index contributed by atoms with van der Waals surface area (Å²) < 4.78 is 0.820. The molecule has 2 N–H and O–H groups in total. The molecule has 1 aliphatic rings. The van der Waals surface area contributed by atoms with Crippen molar-refractivity contribution in [2.75, 3.05) is 18.5 Å². The van der Waals surface area contributed by atoms with Gasteiger partial charge in [-0.25, -0.2) is 9.97 Å². The minimum atomic E-state index is 0.303. The fraction of sp³-hybridized carbons (Fsp3) is 0.733. The number of hydrogen-bond donors (Lipinski definition) is 2. The fourth-order valence-electron chi connectivity index (χ4n) is 2.81. The maximum absolute atomic E-state index is 9.46. The topological polar surface area (TPSA) is 58.0 Å². The molecule has 0 aromatic carbocycles. The van der Waals surface area contributed by atoms with E-state index >= 15 is 0 Å². The molecule has 2 atom stereocenters.